The maximum Gasteiger partial charge on any atom is 0.253 e. The molecule has 0 aliphatic rings. The highest BCUT2D eigenvalue weighted by Crippen LogP contribution is 2.23. The molecular formula is C22H23N3O4S. The fourth-order valence-corrected chi connectivity index (χ4v) is 3.46. The van der Waals surface area contributed by atoms with E-state index in [9.17, 15) is 13.2 Å². The van der Waals surface area contributed by atoms with Crippen molar-refractivity contribution in [3.05, 3.63) is 83.9 Å². The van der Waals surface area contributed by atoms with Crippen LogP contribution in [0.1, 0.15) is 15.9 Å². The summed E-state index contributed by atoms with van der Waals surface area (Å²) in [6, 6.07) is 21.5. The third-order valence-electron chi connectivity index (χ3n) is 4.29. The van der Waals surface area contributed by atoms with Crippen molar-refractivity contribution in [2.24, 2.45) is 0 Å². The van der Waals surface area contributed by atoms with Crippen molar-refractivity contribution >= 4 is 33.0 Å². The number of benzene rings is 3. The summed E-state index contributed by atoms with van der Waals surface area (Å²) in [5.74, 6) is 0.466. The quantitative estimate of drug-likeness (QED) is 0.511. The van der Waals surface area contributed by atoms with Gasteiger partial charge in [0.15, 0.2) is 0 Å². The van der Waals surface area contributed by atoms with Gasteiger partial charge in [-0.15, -0.1) is 0 Å². The van der Waals surface area contributed by atoms with E-state index in [1.807, 2.05) is 36.4 Å². The minimum Gasteiger partial charge on any atom is -0.497 e. The van der Waals surface area contributed by atoms with Crippen molar-refractivity contribution < 1.29 is 17.9 Å². The molecule has 30 heavy (non-hydrogen) atoms. The lowest BCUT2D eigenvalue weighted by Crippen LogP contribution is -2.24. The summed E-state index contributed by atoms with van der Waals surface area (Å²) in [5, 5.41) is 6.09. The summed E-state index contributed by atoms with van der Waals surface area (Å²) < 4.78 is 30.7. The second-order valence-electron chi connectivity index (χ2n) is 6.61. The predicted molar refractivity (Wildman–Crippen MR) is 119 cm³/mol. The molecule has 0 heterocycles. The number of para-hydroxylation sites is 2. The molecule has 0 spiro atoms. The number of nitrogens with one attached hydrogen (secondary N) is 3. The Morgan fingerprint density at radius 3 is 2.20 bits per heavy atom. The third kappa shape index (κ3) is 5.74. The second-order valence-corrected chi connectivity index (χ2v) is 8.36. The molecule has 3 aromatic rings. The van der Waals surface area contributed by atoms with Gasteiger partial charge in [-0.3, -0.25) is 9.52 Å². The van der Waals surface area contributed by atoms with Gasteiger partial charge < -0.3 is 15.4 Å². The summed E-state index contributed by atoms with van der Waals surface area (Å²) in [7, 11) is -1.82. The fourth-order valence-electron chi connectivity index (χ4n) is 2.86. The highest BCUT2D eigenvalue weighted by Gasteiger charge is 2.13. The first kappa shape index (κ1) is 21.2. The molecule has 0 aliphatic carbocycles. The Morgan fingerprint density at radius 2 is 1.53 bits per heavy atom. The lowest BCUT2D eigenvalue weighted by molar-refractivity contribution is 0.0952. The molecule has 0 aromatic heterocycles. The maximum absolute atomic E-state index is 12.8. The molecule has 0 saturated carbocycles. The van der Waals surface area contributed by atoms with Crippen LogP contribution in [0.15, 0.2) is 72.8 Å². The maximum atomic E-state index is 12.8. The molecule has 8 heteroatoms. The van der Waals surface area contributed by atoms with Gasteiger partial charge in [-0.25, -0.2) is 8.42 Å². The molecule has 156 valence electrons. The Balaban J connectivity index is 1.74. The number of rotatable bonds is 8. The highest BCUT2D eigenvalue weighted by molar-refractivity contribution is 7.92. The van der Waals surface area contributed by atoms with Crippen LogP contribution >= 0.6 is 0 Å². The van der Waals surface area contributed by atoms with Crippen LogP contribution in [-0.2, 0) is 16.6 Å². The van der Waals surface area contributed by atoms with Crippen molar-refractivity contribution in [2.75, 3.05) is 23.4 Å². The Kier molecular flexibility index (Phi) is 6.58. The number of methoxy groups -OCH3 is 1. The van der Waals surface area contributed by atoms with E-state index in [-0.39, 0.29) is 12.5 Å². The molecule has 1 amide bonds. The van der Waals surface area contributed by atoms with E-state index in [2.05, 4.69) is 15.4 Å². The Hall–Kier alpha value is -3.52. The SMILES string of the molecule is COc1ccc(Nc2ccccc2C(=O)NCc2ccccc2NS(C)(=O)=O)cc1. The third-order valence-corrected chi connectivity index (χ3v) is 4.88. The molecule has 3 N–H and O–H groups in total. The van der Waals surface area contributed by atoms with Crippen LogP contribution in [0.25, 0.3) is 0 Å². The topological polar surface area (TPSA) is 96.5 Å². The van der Waals surface area contributed by atoms with Gasteiger partial charge >= 0.3 is 0 Å². The summed E-state index contributed by atoms with van der Waals surface area (Å²) in [4.78, 5) is 12.8. The fraction of sp³-hybridized carbons (Fsp3) is 0.136. The van der Waals surface area contributed by atoms with Crippen LogP contribution in [0.3, 0.4) is 0 Å². The number of sulfonamides is 1. The summed E-state index contributed by atoms with van der Waals surface area (Å²) >= 11 is 0. The van der Waals surface area contributed by atoms with Gasteiger partial charge in [0.05, 0.1) is 30.3 Å². The molecule has 0 radical (unpaired) electrons. The first-order chi connectivity index (χ1) is 14.4. The lowest BCUT2D eigenvalue weighted by Gasteiger charge is -2.14. The average molecular weight is 426 g/mol. The molecule has 0 unspecified atom stereocenters. The zero-order chi connectivity index (χ0) is 21.6. The summed E-state index contributed by atoms with van der Waals surface area (Å²) in [6.45, 7) is 0.175. The van der Waals surface area contributed by atoms with E-state index < -0.39 is 10.0 Å². The molecule has 3 rings (SSSR count). The van der Waals surface area contributed by atoms with E-state index >= 15 is 0 Å². The largest absolute Gasteiger partial charge is 0.497 e. The summed E-state index contributed by atoms with van der Waals surface area (Å²) in [6.07, 6.45) is 1.09. The van der Waals surface area contributed by atoms with Gasteiger partial charge in [0.2, 0.25) is 10.0 Å². The van der Waals surface area contributed by atoms with Crippen molar-refractivity contribution in [3.8, 4) is 5.75 Å². The van der Waals surface area contributed by atoms with Crippen molar-refractivity contribution in [2.45, 2.75) is 6.54 Å². The van der Waals surface area contributed by atoms with E-state index in [1.54, 1.807) is 43.5 Å². The van der Waals surface area contributed by atoms with Crippen LogP contribution < -0.4 is 20.1 Å². The molecule has 0 saturated heterocycles. The van der Waals surface area contributed by atoms with Crippen molar-refractivity contribution in [1.29, 1.82) is 0 Å². The van der Waals surface area contributed by atoms with Gasteiger partial charge in [0.1, 0.15) is 5.75 Å². The summed E-state index contributed by atoms with van der Waals surface area (Å²) in [5.41, 5.74) is 3.05. The van der Waals surface area contributed by atoms with E-state index in [0.29, 0.717) is 22.5 Å². The molecule has 0 atom stereocenters. The van der Waals surface area contributed by atoms with E-state index in [4.69, 9.17) is 4.74 Å². The van der Waals surface area contributed by atoms with Gasteiger partial charge in [-0.2, -0.15) is 0 Å². The van der Waals surface area contributed by atoms with Gasteiger partial charge in [-0.1, -0.05) is 30.3 Å². The van der Waals surface area contributed by atoms with Crippen LogP contribution in [0.4, 0.5) is 17.1 Å². The first-order valence-electron chi connectivity index (χ1n) is 9.20. The first-order valence-corrected chi connectivity index (χ1v) is 11.1. The number of hydrogen-bond donors (Lipinski definition) is 3. The van der Waals surface area contributed by atoms with Crippen LogP contribution in [0, 0.1) is 0 Å². The van der Waals surface area contributed by atoms with Crippen LogP contribution in [0.5, 0.6) is 5.75 Å². The number of ether oxygens (including phenoxy) is 1. The molecule has 0 aliphatic heterocycles. The molecule has 0 fully saturated rings. The number of anilines is 3. The molecule has 0 bridgehead atoms. The lowest BCUT2D eigenvalue weighted by atomic mass is 10.1. The number of amides is 1. The van der Waals surface area contributed by atoms with Crippen molar-refractivity contribution in [3.63, 3.8) is 0 Å². The normalized spacial score (nSPS) is 10.9. The monoisotopic (exact) mass is 425 g/mol. The molecule has 7 nitrogen and oxygen atoms in total. The van der Waals surface area contributed by atoms with Gasteiger partial charge in [-0.05, 0) is 48.0 Å². The Morgan fingerprint density at radius 1 is 0.900 bits per heavy atom. The second kappa shape index (κ2) is 9.32. The Labute approximate surface area is 176 Å². The predicted octanol–water partition coefficient (Wildman–Crippen LogP) is 3.74. The van der Waals surface area contributed by atoms with Gasteiger partial charge in [0, 0.05) is 12.2 Å². The highest BCUT2D eigenvalue weighted by atomic mass is 32.2. The standard InChI is InChI=1S/C22H23N3O4S/c1-29-18-13-11-17(12-14-18)24-21-10-6-4-8-19(21)22(26)23-15-16-7-3-5-9-20(16)25-30(2,27)28/h3-14,24-25H,15H2,1-2H3,(H,23,26). The average Bonchev–Trinajstić information content (AvgIpc) is 2.73. The van der Waals surface area contributed by atoms with E-state index in [1.165, 1.54) is 0 Å². The Bertz CT molecular complexity index is 1130. The minimum atomic E-state index is -3.42. The minimum absolute atomic E-state index is 0.175. The number of carbonyl (C=O) groups is 1. The number of carbonyl (C=O) groups excluding carboxylic acids is 1. The van der Waals surface area contributed by atoms with Crippen LogP contribution in [-0.4, -0.2) is 27.7 Å². The zero-order valence-electron chi connectivity index (χ0n) is 16.7. The smallest absolute Gasteiger partial charge is 0.253 e. The molecule has 3 aromatic carbocycles. The van der Waals surface area contributed by atoms with E-state index in [0.717, 1.165) is 17.7 Å². The van der Waals surface area contributed by atoms with Crippen LogP contribution in [0.2, 0.25) is 0 Å². The van der Waals surface area contributed by atoms with Gasteiger partial charge in [0.25, 0.3) is 5.91 Å². The molecular weight excluding hydrogens is 402 g/mol. The van der Waals surface area contributed by atoms with Crippen molar-refractivity contribution in [1.82, 2.24) is 5.32 Å². The zero-order valence-corrected chi connectivity index (χ0v) is 17.5. The number of hydrogen-bond acceptors (Lipinski definition) is 5.